The molecular formula is C11H14N2O2S2. The van der Waals surface area contributed by atoms with Crippen LogP contribution in [-0.2, 0) is 10.0 Å². The normalized spacial score (nSPS) is 17.5. The van der Waals surface area contributed by atoms with Gasteiger partial charge in [-0.2, -0.15) is 9.57 Å². The van der Waals surface area contributed by atoms with Crippen molar-refractivity contribution in [1.82, 2.24) is 4.31 Å². The molecule has 2 rings (SSSR count). The molecule has 0 aromatic carbocycles. The van der Waals surface area contributed by atoms with Crippen molar-refractivity contribution in [1.29, 1.82) is 5.26 Å². The molecule has 6 heteroatoms. The Labute approximate surface area is 106 Å². The van der Waals surface area contributed by atoms with Gasteiger partial charge in [0, 0.05) is 13.1 Å². The molecule has 0 bridgehead atoms. The predicted octanol–water partition coefficient (Wildman–Crippen LogP) is 2.18. The minimum absolute atomic E-state index is 0.118. The number of hydrogen-bond donors (Lipinski definition) is 0. The highest BCUT2D eigenvalue weighted by atomic mass is 32.2. The summed E-state index contributed by atoms with van der Waals surface area (Å²) >= 11 is 1.04. The van der Waals surface area contributed by atoms with Crippen LogP contribution in [-0.4, -0.2) is 25.8 Å². The predicted molar refractivity (Wildman–Crippen MR) is 66.2 cm³/mol. The van der Waals surface area contributed by atoms with E-state index < -0.39 is 10.0 Å². The lowest BCUT2D eigenvalue weighted by Crippen LogP contribution is -2.34. The molecule has 1 aliphatic carbocycles. The maximum atomic E-state index is 12.3. The van der Waals surface area contributed by atoms with Crippen molar-refractivity contribution in [2.24, 2.45) is 0 Å². The zero-order valence-corrected chi connectivity index (χ0v) is 11.2. The quantitative estimate of drug-likeness (QED) is 0.845. The van der Waals surface area contributed by atoms with Crippen LogP contribution in [0.3, 0.4) is 0 Å². The molecule has 0 radical (unpaired) electrons. The Bertz CT molecular complexity index is 536. The fraction of sp³-hybridized carbons (Fsp3) is 0.545. The summed E-state index contributed by atoms with van der Waals surface area (Å²) < 4.78 is 26.3. The Morgan fingerprint density at radius 2 is 2.06 bits per heavy atom. The van der Waals surface area contributed by atoms with E-state index in [4.69, 9.17) is 5.26 Å². The average molecular weight is 270 g/mol. The molecule has 0 amide bonds. The molecule has 1 heterocycles. The number of hydrogen-bond acceptors (Lipinski definition) is 4. The van der Waals surface area contributed by atoms with Crippen molar-refractivity contribution in [3.05, 3.63) is 17.0 Å². The summed E-state index contributed by atoms with van der Waals surface area (Å²) in [5, 5.41) is 8.72. The average Bonchev–Trinajstić information content (AvgIpc) is 2.98. The van der Waals surface area contributed by atoms with Crippen LogP contribution >= 0.6 is 11.3 Å². The van der Waals surface area contributed by atoms with E-state index in [1.807, 2.05) is 6.07 Å². The maximum absolute atomic E-state index is 12.3. The van der Waals surface area contributed by atoms with Crippen molar-refractivity contribution >= 4 is 21.4 Å². The molecule has 1 aromatic heterocycles. The highest BCUT2D eigenvalue weighted by molar-refractivity contribution is 7.91. The molecule has 1 saturated carbocycles. The van der Waals surface area contributed by atoms with Crippen molar-refractivity contribution in [3.63, 3.8) is 0 Å². The van der Waals surface area contributed by atoms with Crippen LogP contribution in [0.5, 0.6) is 0 Å². The SMILES string of the molecule is CN(C1CCCC1)S(=O)(=O)c1ccc(C#N)s1. The molecule has 0 unspecified atom stereocenters. The zero-order chi connectivity index (χ0) is 12.5. The van der Waals surface area contributed by atoms with Gasteiger partial charge in [-0.15, -0.1) is 11.3 Å². The van der Waals surface area contributed by atoms with Crippen LogP contribution in [0.1, 0.15) is 30.6 Å². The van der Waals surface area contributed by atoms with Crippen LogP contribution in [0, 0.1) is 11.3 Å². The van der Waals surface area contributed by atoms with Crippen molar-refractivity contribution in [2.45, 2.75) is 35.9 Å². The van der Waals surface area contributed by atoms with E-state index >= 15 is 0 Å². The maximum Gasteiger partial charge on any atom is 0.252 e. The van der Waals surface area contributed by atoms with E-state index in [2.05, 4.69) is 0 Å². The van der Waals surface area contributed by atoms with E-state index in [9.17, 15) is 8.42 Å². The topological polar surface area (TPSA) is 61.2 Å². The summed E-state index contributed by atoms with van der Waals surface area (Å²) in [7, 11) is -1.77. The standard InChI is InChI=1S/C11H14N2O2S2/c1-13(9-4-2-3-5-9)17(14,15)11-7-6-10(8-12)16-11/h6-7,9H,2-5H2,1H3. The second-order valence-corrected chi connectivity index (χ2v) is 7.50. The highest BCUT2D eigenvalue weighted by Crippen LogP contribution is 2.30. The molecule has 0 atom stereocenters. The van der Waals surface area contributed by atoms with E-state index in [1.54, 1.807) is 13.1 Å². The minimum Gasteiger partial charge on any atom is -0.206 e. The van der Waals surface area contributed by atoms with Gasteiger partial charge in [0.1, 0.15) is 15.2 Å². The Morgan fingerprint density at radius 1 is 1.41 bits per heavy atom. The lowest BCUT2D eigenvalue weighted by Gasteiger charge is -2.22. The molecule has 0 saturated heterocycles. The van der Waals surface area contributed by atoms with Gasteiger partial charge < -0.3 is 0 Å². The van der Waals surface area contributed by atoms with Gasteiger partial charge in [0.05, 0.1) is 0 Å². The van der Waals surface area contributed by atoms with E-state index in [0.29, 0.717) is 4.88 Å². The van der Waals surface area contributed by atoms with E-state index in [0.717, 1.165) is 37.0 Å². The second kappa shape index (κ2) is 4.77. The van der Waals surface area contributed by atoms with Gasteiger partial charge in [-0.05, 0) is 25.0 Å². The van der Waals surface area contributed by atoms with Crippen LogP contribution in [0.25, 0.3) is 0 Å². The molecule has 1 fully saturated rings. The minimum atomic E-state index is -3.41. The van der Waals surface area contributed by atoms with Crippen molar-refractivity contribution < 1.29 is 8.42 Å². The van der Waals surface area contributed by atoms with Gasteiger partial charge in [0.25, 0.3) is 10.0 Å². The lowest BCUT2D eigenvalue weighted by atomic mass is 10.3. The number of sulfonamides is 1. The summed E-state index contributed by atoms with van der Waals surface area (Å²) in [6, 6.07) is 5.16. The summed E-state index contributed by atoms with van der Waals surface area (Å²) in [5.74, 6) is 0. The van der Waals surface area contributed by atoms with Gasteiger partial charge in [0.2, 0.25) is 0 Å². The Morgan fingerprint density at radius 3 is 2.59 bits per heavy atom. The first-order chi connectivity index (χ1) is 8.05. The van der Waals surface area contributed by atoms with Crippen LogP contribution in [0.4, 0.5) is 0 Å². The van der Waals surface area contributed by atoms with E-state index in [-0.39, 0.29) is 10.3 Å². The molecule has 0 N–H and O–H groups in total. The molecular weight excluding hydrogens is 256 g/mol. The molecule has 1 aromatic rings. The van der Waals surface area contributed by atoms with Crippen molar-refractivity contribution in [3.8, 4) is 6.07 Å². The Kier molecular flexibility index (Phi) is 3.52. The van der Waals surface area contributed by atoms with Gasteiger partial charge in [-0.3, -0.25) is 0 Å². The Balaban J connectivity index is 2.26. The first-order valence-electron chi connectivity index (χ1n) is 5.53. The largest absolute Gasteiger partial charge is 0.252 e. The first kappa shape index (κ1) is 12.6. The van der Waals surface area contributed by atoms with Gasteiger partial charge in [0.15, 0.2) is 0 Å². The summed E-state index contributed by atoms with van der Waals surface area (Å²) in [6.45, 7) is 0. The first-order valence-corrected chi connectivity index (χ1v) is 7.79. The zero-order valence-electron chi connectivity index (χ0n) is 9.59. The third kappa shape index (κ3) is 2.37. The summed E-state index contributed by atoms with van der Waals surface area (Å²) in [5.41, 5.74) is 0. The Hall–Kier alpha value is -0.900. The molecule has 0 spiro atoms. The smallest absolute Gasteiger partial charge is 0.206 e. The molecule has 0 aliphatic heterocycles. The monoisotopic (exact) mass is 270 g/mol. The van der Waals surface area contributed by atoms with Gasteiger partial charge in [-0.1, -0.05) is 12.8 Å². The summed E-state index contributed by atoms with van der Waals surface area (Å²) in [4.78, 5) is 0.434. The third-order valence-corrected chi connectivity index (χ3v) is 6.53. The van der Waals surface area contributed by atoms with Crippen LogP contribution < -0.4 is 0 Å². The molecule has 92 valence electrons. The van der Waals surface area contributed by atoms with E-state index in [1.165, 1.54) is 10.4 Å². The molecule has 17 heavy (non-hydrogen) atoms. The number of nitriles is 1. The highest BCUT2D eigenvalue weighted by Gasteiger charge is 2.30. The lowest BCUT2D eigenvalue weighted by molar-refractivity contribution is 0.374. The summed E-state index contributed by atoms with van der Waals surface area (Å²) in [6.07, 6.45) is 4.06. The number of nitrogens with zero attached hydrogens (tertiary/aromatic N) is 2. The second-order valence-electron chi connectivity index (χ2n) is 4.19. The van der Waals surface area contributed by atoms with Crippen LogP contribution in [0.15, 0.2) is 16.3 Å². The van der Waals surface area contributed by atoms with Gasteiger partial charge in [-0.25, -0.2) is 8.42 Å². The fourth-order valence-electron chi connectivity index (χ4n) is 2.12. The number of thiophene rings is 1. The fourth-order valence-corrected chi connectivity index (χ4v) is 4.83. The third-order valence-electron chi connectivity index (χ3n) is 3.16. The van der Waals surface area contributed by atoms with Crippen LogP contribution in [0.2, 0.25) is 0 Å². The molecule has 4 nitrogen and oxygen atoms in total. The number of rotatable bonds is 3. The van der Waals surface area contributed by atoms with Crippen molar-refractivity contribution in [2.75, 3.05) is 7.05 Å². The van der Waals surface area contributed by atoms with Gasteiger partial charge >= 0.3 is 0 Å². The molecule has 1 aliphatic rings.